The van der Waals surface area contributed by atoms with Crippen molar-refractivity contribution in [2.45, 2.75) is 20.8 Å². The molecule has 124 valence electrons. The first kappa shape index (κ1) is 17.5. The number of hydrogen-bond acceptors (Lipinski definition) is 3. The summed E-state index contributed by atoms with van der Waals surface area (Å²) < 4.78 is 16.1. The third kappa shape index (κ3) is 5.08. The standard InChI is InChI=1S/C20H26O3/c1-15-5-6-16(2)19(13-15)18-7-8-20(17(3)14-18)23-12-11-22-10-9-21-4/h5-8,13-14H,9-12H2,1-4H3. The van der Waals surface area contributed by atoms with Crippen LogP contribution in [-0.4, -0.2) is 33.5 Å². The molecule has 0 heterocycles. The van der Waals surface area contributed by atoms with Gasteiger partial charge in [0, 0.05) is 7.11 Å². The van der Waals surface area contributed by atoms with E-state index in [0.717, 1.165) is 11.3 Å². The Hall–Kier alpha value is -1.84. The van der Waals surface area contributed by atoms with Crippen molar-refractivity contribution in [3.8, 4) is 16.9 Å². The molecule has 0 fully saturated rings. The smallest absolute Gasteiger partial charge is 0.122 e. The molecule has 2 rings (SSSR count). The van der Waals surface area contributed by atoms with Gasteiger partial charge in [-0.15, -0.1) is 0 Å². The van der Waals surface area contributed by atoms with E-state index in [0.29, 0.717) is 26.4 Å². The summed E-state index contributed by atoms with van der Waals surface area (Å²) in [4.78, 5) is 0. The molecule has 0 aromatic heterocycles. The fourth-order valence-corrected chi connectivity index (χ4v) is 2.48. The molecule has 0 N–H and O–H groups in total. The lowest BCUT2D eigenvalue weighted by Gasteiger charge is -2.13. The fraction of sp³-hybridized carbons (Fsp3) is 0.400. The zero-order chi connectivity index (χ0) is 16.7. The van der Waals surface area contributed by atoms with Gasteiger partial charge < -0.3 is 14.2 Å². The molecule has 0 amide bonds. The van der Waals surface area contributed by atoms with Crippen molar-refractivity contribution in [3.63, 3.8) is 0 Å². The van der Waals surface area contributed by atoms with Gasteiger partial charge in [-0.3, -0.25) is 0 Å². The number of hydrogen-bond donors (Lipinski definition) is 0. The molecule has 2 aromatic carbocycles. The summed E-state index contributed by atoms with van der Waals surface area (Å²) >= 11 is 0. The van der Waals surface area contributed by atoms with E-state index in [4.69, 9.17) is 14.2 Å². The first-order valence-corrected chi connectivity index (χ1v) is 7.99. The average Bonchev–Trinajstić information content (AvgIpc) is 2.54. The SMILES string of the molecule is COCCOCCOc1ccc(-c2cc(C)ccc2C)cc1C. The molecule has 0 radical (unpaired) electrons. The number of aryl methyl sites for hydroxylation is 3. The second-order valence-corrected chi connectivity index (χ2v) is 5.75. The van der Waals surface area contributed by atoms with Crippen LogP contribution in [0.15, 0.2) is 36.4 Å². The molecule has 0 bridgehead atoms. The van der Waals surface area contributed by atoms with Crippen LogP contribution in [0, 0.1) is 20.8 Å². The summed E-state index contributed by atoms with van der Waals surface area (Å²) in [6, 6.07) is 12.9. The lowest BCUT2D eigenvalue weighted by molar-refractivity contribution is 0.0543. The summed E-state index contributed by atoms with van der Waals surface area (Å²) in [5, 5.41) is 0. The number of methoxy groups -OCH3 is 1. The van der Waals surface area contributed by atoms with Crippen molar-refractivity contribution in [2.24, 2.45) is 0 Å². The van der Waals surface area contributed by atoms with Crippen molar-refractivity contribution in [1.82, 2.24) is 0 Å². The minimum absolute atomic E-state index is 0.549. The molecule has 3 heteroatoms. The Morgan fingerprint density at radius 3 is 2.30 bits per heavy atom. The Labute approximate surface area is 139 Å². The van der Waals surface area contributed by atoms with Crippen LogP contribution in [0.2, 0.25) is 0 Å². The molecule has 0 aliphatic rings. The van der Waals surface area contributed by atoms with Gasteiger partial charge in [0.05, 0.1) is 19.8 Å². The van der Waals surface area contributed by atoms with Gasteiger partial charge in [-0.2, -0.15) is 0 Å². The van der Waals surface area contributed by atoms with Crippen LogP contribution < -0.4 is 4.74 Å². The maximum atomic E-state index is 5.80. The number of benzene rings is 2. The molecular formula is C20H26O3. The Balaban J connectivity index is 1.99. The highest BCUT2D eigenvalue weighted by Gasteiger charge is 2.06. The molecule has 0 atom stereocenters. The third-order valence-electron chi connectivity index (χ3n) is 3.80. The second-order valence-electron chi connectivity index (χ2n) is 5.75. The van der Waals surface area contributed by atoms with Gasteiger partial charge in [0.25, 0.3) is 0 Å². The predicted molar refractivity (Wildman–Crippen MR) is 94.3 cm³/mol. The summed E-state index contributed by atoms with van der Waals surface area (Å²) in [5.41, 5.74) is 6.21. The van der Waals surface area contributed by atoms with Gasteiger partial charge in [0.1, 0.15) is 12.4 Å². The van der Waals surface area contributed by atoms with Crippen LogP contribution in [0.3, 0.4) is 0 Å². The monoisotopic (exact) mass is 314 g/mol. The molecule has 0 aliphatic heterocycles. The minimum Gasteiger partial charge on any atom is -0.491 e. The van der Waals surface area contributed by atoms with Gasteiger partial charge >= 0.3 is 0 Å². The highest BCUT2D eigenvalue weighted by atomic mass is 16.5. The molecule has 23 heavy (non-hydrogen) atoms. The lowest BCUT2D eigenvalue weighted by Crippen LogP contribution is -2.10. The van der Waals surface area contributed by atoms with Gasteiger partial charge in [0.15, 0.2) is 0 Å². The van der Waals surface area contributed by atoms with E-state index in [1.807, 2.05) is 6.07 Å². The maximum absolute atomic E-state index is 5.80. The minimum atomic E-state index is 0.549. The highest BCUT2D eigenvalue weighted by Crippen LogP contribution is 2.29. The summed E-state index contributed by atoms with van der Waals surface area (Å²) in [6.07, 6.45) is 0. The molecule has 0 aliphatic carbocycles. The van der Waals surface area contributed by atoms with E-state index in [-0.39, 0.29) is 0 Å². The average molecular weight is 314 g/mol. The first-order chi connectivity index (χ1) is 11.1. The van der Waals surface area contributed by atoms with Gasteiger partial charge in [-0.1, -0.05) is 29.8 Å². The van der Waals surface area contributed by atoms with Crippen molar-refractivity contribution in [3.05, 3.63) is 53.1 Å². The molecule has 2 aromatic rings. The summed E-state index contributed by atoms with van der Waals surface area (Å²) in [7, 11) is 1.67. The van der Waals surface area contributed by atoms with E-state index in [1.165, 1.54) is 22.3 Å². The third-order valence-corrected chi connectivity index (χ3v) is 3.80. The van der Waals surface area contributed by atoms with Crippen LogP contribution in [0.4, 0.5) is 0 Å². The van der Waals surface area contributed by atoms with E-state index in [1.54, 1.807) is 7.11 Å². The normalized spacial score (nSPS) is 10.8. The van der Waals surface area contributed by atoms with Crippen LogP contribution >= 0.6 is 0 Å². The van der Waals surface area contributed by atoms with Crippen LogP contribution in [0.25, 0.3) is 11.1 Å². The van der Waals surface area contributed by atoms with Crippen molar-refractivity contribution in [1.29, 1.82) is 0 Å². The molecular weight excluding hydrogens is 288 g/mol. The molecule has 0 unspecified atom stereocenters. The fourth-order valence-electron chi connectivity index (χ4n) is 2.48. The zero-order valence-corrected chi connectivity index (χ0v) is 14.5. The Morgan fingerprint density at radius 1 is 0.783 bits per heavy atom. The predicted octanol–water partition coefficient (Wildman–Crippen LogP) is 4.32. The van der Waals surface area contributed by atoms with E-state index in [9.17, 15) is 0 Å². The molecule has 0 saturated heterocycles. The lowest BCUT2D eigenvalue weighted by atomic mass is 9.97. The zero-order valence-electron chi connectivity index (χ0n) is 14.5. The first-order valence-electron chi connectivity index (χ1n) is 7.99. The van der Waals surface area contributed by atoms with Crippen molar-refractivity contribution >= 4 is 0 Å². The topological polar surface area (TPSA) is 27.7 Å². The van der Waals surface area contributed by atoms with Gasteiger partial charge in [0.2, 0.25) is 0 Å². The molecule has 3 nitrogen and oxygen atoms in total. The van der Waals surface area contributed by atoms with E-state index >= 15 is 0 Å². The Kier molecular flexibility index (Phi) is 6.63. The Bertz CT molecular complexity index is 635. The summed E-state index contributed by atoms with van der Waals surface area (Å²) in [6.45, 7) is 8.68. The van der Waals surface area contributed by atoms with Gasteiger partial charge in [-0.05, 0) is 55.2 Å². The quantitative estimate of drug-likeness (QED) is 0.679. The van der Waals surface area contributed by atoms with E-state index in [2.05, 4.69) is 51.1 Å². The van der Waals surface area contributed by atoms with E-state index < -0.39 is 0 Å². The van der Waals surface area contributed by atoms with Gasteiger partial charge in [-0.25, -0.2) is 0 Å². The molecule has 0 spiro atoms. The highest BCUT2D eigenvalue weighted by molar-refractivity contribution is 5.69. The largest absolute Gasteiger partial charge is 0.491 e. The second kappa shape index (κ2) is 8.70. The van der Waals surface area contributed by atoms with Crippen LogP contribution in [0.1, 0.15) is 16.7 Å². The number of rotatable bonds is 8. The Morgan fingerprint density at radius 2 is 1.57 bits per heavy atom. The maximum Gasteiger partial charge on any atom is 0.122 e. The van der Waals surface area contributed by atoms with Crippen LogP contribution in [-0.2, 0) is 9.47 Å². The van der Waals surface area contributed by atoms with Crippen molar-refractivity contribution in [2.75, 3.05) is 33.5 Å². The molecule has 0 saturated carbocycles. The number of ether oxygens (including phenoxy) is 3. The summed E-state index contributed by atoms with van der Waals surface area (Å²) in [5.74, 6) is 0.911. The van der Waals surface area contributed by atoms with Crippen molar-refractivity contribution < 1.29 is 14.2 Å². The van der Waals surface area contributed by atoms with Crippen LogP contribution in [0.5, 0.6) is 5.75 Å².